The van der Waals surface area contributed by atoms with Gasteiger partial charge in [-0.2, -0.15) is 4.68 Å². The Morgan fingerprint density at radius 3 is 2.53 bits per heavy atom. The molecule has 8 heteroatoms. The molecule has 0 radical (unpaired) electrons. The molecule has 4 rings (SSSR count). The third kappa shape index (κ3) is 4.04. The minimum atomic E-state index is -0.306. The van der Waals surface area contributed by atoms with Crippen molar-refractivity contribution >= 4 is 5.91 Å². The number of rotatable bonds is 5. The van der Waals surface area contributed by atoms with Gasteiger partial charge in [0.1, 0.15) is 5.75 Å². The van der Waals surface area contributed by atoms with Gasteiger partial charge >= 0.3 is 6.01 Å². The molecule has 0 bridgehead atoms. The third-order valence-corrected chi connectivity index (χ3v) is 5.36. The summed E-state index contributed by atoms with van der Waals surface area (Å²) in [7, 11) is 0. The molecule has 2 unspecified atom stereocenters. The van der Waals surface area contributed by atoms with Gasteiger partial charge in [-0.05, 0) is 58.0 Å². The molecule has 0 aliphatic carbocycles. The van der Waals surface area contributed by atoms with Gasteiger partial charge in [-0.1, -0.05) is 56.2 Å². The Morgan fingerprint density at radius 1 is 1.13 bits per heavy atom. The van der Waals surface area contributed by atoms with Gasteiger partial charge in [-0.3, -0.25) is 10.1 Å². The van der Waals surface area contributed by atoms with Crippen LogP contribution in [0.4, 0.5) is 0 Å². The first-order valence-electron chi connectivity index (χ1n) is 10.0. The lowest BCUT2D eigenvalue weighted by Crippen LogP contribution is -2.37. The summed E-state index contributed by atoms with van der Waals surface area (Å²) < 4.78 is 7.60. The SMILES string of the molecule is CC(C)(C)c1ccccc1-n1nnnc1Oc1ccc(C2CCC(C(N)=O)N2)cc1. The highest BCUT2D eigenvalue weighted by molar-refractivity contribution is 5.80. The highest BCUT2D eigenvalue weighted by Gasteiger charge is 2.28. The number of para-hydroxylation sites is 1. The lowest BCUT2D eigenvalue weighted by Gasteiger charge is -2.22. The van der Waals surface area contributed by atoms with E-state index in [2.05, 4.69) is 47.7 Å². The maximum atomic E-state index is 11.4. The molecule has 2 aromatic carbocycles. The van der Waals surface area contributed by atoms with Gasteiger partial charge < -0.3 is 10.5 Å². The average Bonchev–Trinajstić information content (AvgIpc) is 3.38. The molecule has 8 nitrogen and oxygen atoms in total. The highest BCUT2D eigenvalue weighted by atomic mass is 16.5. The molecule has 156 valence electrons. The maximum Gasteiger partial charge on any atom is 0.345 e. The van der Waals surface area contributed by atoms with Gasteiger partial charge in [0.05, 0.1) is 11.7 Å². The van der Waals surface area contributed by atoms with Crippen molar-refractivity contribution in [2.45, 2.75) is 51.1 Å². The van der Waals surface area contributed by atoms with Crippen molar-refractivity contribution in [3.05, 3.63) is 59.7 Å². The Balaban J connectivity index is 1.54. The molecule has 1 fully saturated rings. The average molecular weight is 406 g/mol. The van der Waals surface area contributed by atoms with Gasteiger partial charge in [0, 0.05) is 6.04 Å². The Morgan fingerprint density at radius 2 is 1.87 bits per heavy atom. The number of nitrogens with zero attached hydrogens (tertiary/aromatic N) is 4. The minimum absolute atomic E-state index is 0.0709. The predicted octanol–water partition coefficient (Wildman–Crippen LogP) is 3.03. The second-order valence-corrected chi connectivity index (χ2v) is 8.56. The fourth-order valence-electron chi connectivity index (χ4n) is 3.79. The molecule has 30 heavy (non-hydrogen) atoms. The molecule has 1 aliphatic rings. The summed E-state index contributed by atoms with van der Waals surface area (Å²) in [6.45, 7) is 6.44. The van der Waals surface area contributed by atoms with Crippen molar-refractivity contribution in [1.29, 1.82) is 0 Å². The summed E-state index contributed by atoms with van der Waals surface area (Å²) >= 11 is 0. The zero-order chi connectivity index (χ0) is 21.3. The van der Waals surface area contributed by atoms with E-state index in [-0.39, 0.29) is 23.4 Å². The van der Waals surface area contributed by atoms with Crippen molar-refractivity contribution in [2.24, 2.45) is 5.73 Å². The molecule has 1 aliphatic heterocycles. The van der Waals surface area contributed by atoms with E-state index in [0.717, 1.165) is 29.7 Å². The van der Waals surface area contributed by atoms with Crippen LogP contribution < -0.4 is 15.8 Å². The first-order valence-corrected chi connectivity index (χ1v) is 10.0. The Kier molecular flexibility index (Phi) is 5.26. The second-order valence-electron chi connectivity index (χ2n) is 8.56. The molecular formula is C22H26N6O2. The molecule has 2 atom stereocenters. The number of ether oxygens (including phenoxy) is 1. The number of hydrogen-bond donors (Lipinski definition) is 2. The van der Waals surface area contributed by atoms with Crippen LogP contribution in [-0.4, -0.2) is 32.2 Å². The topological polar surface area (TPSA) is 108 Å². The van der Waals surface area contributed by atoms with Crippen molar-refractivity contribution in [3.63, 3.8) is 0 Å². The number of nitrogens with one attached hydrogen (secondary N) is 1. The summed E-state index contributed by atoms with van der Waals surface area (Å²) in [6, 6.07) is 15.9. The van der Waals surface area contributed by atoms with Gasteiger partial charge in [0.2, 0.25) is 5.91 Å². The van der Waals surface area contributed by atoms with Crippen molar-refractivity contribution in [1.82, 2.24) is 25.5 Å². The molecule has 2 heterocycles. The van der Waals surface area contributed by atoms with E-state index in [0.29, 0.717) is 11.8 Å². The number of tetrazole rings is 1. The van der Waals surface area contributed by atoms with Crippen molar-refractivity contribution in [3.8, 4) is 17.4 Å². The molecule has 1 amide bonds. The zero-order valence-corrected chi connectivity index (χ0v) is 17.4. The molecule has 0 spiro atoms. The van der Waals surface area contributed by atoms with Crippen LogP contribution in [0.25, 0.3) is 5.69 Å². The monoisotopic (exact) mass is 406 g/mol. The number of carbonyl (C=O) groups excluding carboxylic acids is 1. The summed E-state index contributed by atoms with van der Waals surface area (Å²) in [5.41, 5.74) is 8.41. The van der Waals surface area contributed by atoms with Crippen LogP contribution in [0.3, 0.4) is 0 Å². The summed E-state index contributed by atoms with van der Waals surface area (Å²) in [5.74, 6) is 0.326. The van der Waals surface area contributed by atoms with E-state index >= 15 is 0 Å². The van der Waals surface area contributed by atoms with Crippen LogP contribution in [0, 0.1) is 0 Å². The number of amides is 1. The van der Waals surface area contributed by atoms with Crippen molar-refractivity contribution < 1.29 is 9.53 Å². The summed E-state index contributed by atoms with van der Waals surface area (Å²) in [5, 5.41) is 15.3. The second kappa shape index (κ2) is 7.87. The largest absolute Gasteiger partial charge is 0.423 e. The van der Waals surface area contributed by atoms with Crippen LogP contribution in [0.1, 0.15) is 50.8 Å². The summed E-state index contributed by atoms with van der Waals surface area (Å²) in [6.07, 6.45) is 1.62. The number of carbonyl (C=O) groups is 1. The van der Waals surface area contributed by atoms with Crippen molar-refractivity contribution in [2.75, 3.05) is 0 Å². The van der Waals surface area contributed by atoms with E-state index in [1.54, 1.807) is 4.68 Å². The Hall–Kier alpha value is -3.26. The molecule has 1 saturated heterocycles. The zero-order valence-electron chi connectivity index (χ0n) is 17.4. The lowest BCUT2D eigenvalue weighted by molar-refractivity contribution is -0.119. The normalized spacial score (nSPS) is 19.0. The van der Waals surface area contributed by atoms with Gasteiger partial charge in [0.15, 0.2) is 0 Å². The van der Waals surface area contributed by atoms with Crippen LogP contribution in [-0.2, 0) is 10.2 Å². The quantitative estimate of drug-likeness (QED) is 0.674. The minimum Gasteiger partial charge on any atom is -0.423 e. The fourth-order valence-corrected chi connectivity index (χ4v) is 3.79. The lowest BCUT2D eigenvalue weighted by atomic mass is 9.86. The Labute approximate surface area is 175 Å². The molecule has 3 N–H and O–H groups in total. The van der Waals surface area contributed by atoms with Crippen LogP contribution in [0.5, 0.6) is 11.8 Å². The number of primary amides is 1. The highest BCUT2D eigenvalue weighted by Crippen LogP contribution is 2.31. The van der Waals surface area contributed by atoms with Gasteiger partial charge in [0.25, 0.3) is 0 Å². The molecular weight excluding hydrogens is 380 g/mol. The summed E-state index contributed by atoms with van der Waals surface area (Å²) in [4.78, 5) is 11.4. The standard InChI is InChI=1S/C22H26N6O2/c1-22(2,3)16-6-4-5-7-19(16)28-21(25-26-27-28)30-15-10-8-14(9-11-15)17-12-13-18(24-17)20(23)29/h4-11,17-18,24H,12-13H2,1-3H3,(H2,23,29). The van der Waals surface area contributed by atoms with Gasteiger partial charge in [-0.25, -0.2) is 0 Å². The van der Waals surface area contributed by atoms with Crippen LogP contribution >= 0.6 is 0 Å². The molecule has 3 aromatic rings. The van der Waals surface area contributed by atoms with E-state index in [1.807, 2.05) is 42.5 Å². The molecule has 1 aromatic heterocycles. The van der Waals surface area contributed by atoms with Crippen LogP contribution in [0.15, 0.2) is 48.5 Å². The van der Waals surface area contributed by atoms with Gasteiger partial charge in [-0.15, -0.1) is 0 Å². The van der Waals surface area contributed by atoms with E-state index in [9.17, 15) is 4.79 Å². The number of hydrogen-bond acceptors (Lipinski definition) is 6. The molecule has 0 saturated carbocycles. The predicted molar refractivity (Wildman–Crippen MR) is 112 cm³/mol. The Bertz CT molecular complexity index is 1040. The first-order chi connectivity index (χ1) is 14.3. The van der Waals surface area contributed by atoms with E-state index in [1.165, 1.54) is 0 Å². The smallest absolute Gasteiger partial charge is 0.345 e. The van der Waals surface area contributed by atoms with E-state index in [4.69, 9.17) is 10.5 Å². The number of nitrogens with two attached hydrogens (primary N) is 1. The first kappa shape index (κ1) is 20.0. The third-order valence-electron chi connectivity index (χ3n) is 5.36. The van der Waals surface area contributed by atoms with Crippen LogP contribution in [0.2, 0.25) is 0 Å². The number of aromatic nitrogens is 4. The van der Waals surface area contributed by atoms with E-state index < -0.39 is 0 Å². The maximum absolute atomic E-state index is 11.4. The fraction of sp³-hybridized carbons (Fsp3) is 0.364. The number of benzene rings is 2.